The Morgan fingerprint density at radius 3 is 2.54 bits per heavy atom. The molecule has 0 saturated carbocycles. The van der Waals surface area contributed by atoms with Gasteiger partial charge in [0, 0.05) is 15.7 Å². The van der Waals surface area contributed by atoms with Gasteiger partial charge in [-0.25, -0.2) is 0 Å². The molecule has 0 radical (unpaired) electrons. The zero-order valence-electron chi connectivity index (χ0n) is 14.7. The van der Waals surface area contributed by atoms with E-state index in [4.69, 9.17) is 9.15 Å². The Balaban J connectivity index is 1.71. The van der Waals surface area contributed by atoms with Crippen LogP contribution in [0.25, 0.3) is 11.5 Å². The van der Waals surface area contributed by atoms with Crippen molar-refractivity contribution in [3.05, 3.63) is 54.1 Å². The van der Waals surface area contributed by atoms with Crippen LogP contribution in [0.3, 0.4) is 0 Å². The predicted molar refractivity (Wildman–Crippen MR) is 102 cm³/mol. The van der Waals surface area contributed by atoms with E-state index >= 15 is 0 Å². The molecular weight excluding hydrogens is 350 g/mol. The summed E-state index contributed by atoms with van der Waals surface area (Å²) in [5.41, 5.74) is 1.19. The number of carbonyl (C=O) groups is 1. The third-order valence-corrected chi connectivity index (χ3v) is 4.49. The highest BCUT2D eigenvalue weighted by Gasteiger charge is 2.15. The Morgan fingerprint density at radius 1 is 1.12 bits per heavy atom. The number of anilines is 1. The van der Waals surface area contributed by atoms with Crippen molar-refractivity contribution in [1.29, 1.82) is 0 Å². The molecule has 7 heteroatoms. The molecule has 3 aromatic rings. The first-order valence-electron chi connectivity index (χ1n) is 8.12. The summed E-state index contributed by atoms with van der Waals surface area (Å²) in [5.74, 6) is 0.593. The molecule has 0 aliphatic carbocycles. The minimum Gasteiger partial charge on any atom is -0.496 e. The normalized spacial score (nSPS) is 10.8. The van der Waals surface area contributed by atoms with Crippen LogP contribution < -0.4 is 10.1 Å². The van der Waals surface area contributed by atoms with Crippen LogP contribution >= 0.6 is 11.8 Å². The van der Waals surface area contributed by atoms with E-state index in [2.05, 4.69) is 29.4 Å². The summed E-state index contributed by atoms with van der Waals surface area (Å²) in [4.78, 5) is 13.5. The molecule has 1 N–H and O–H groups in total. The lowest BCUT2D eigenvalue weighted by Gasteiger charge is -2.06. The van der Waals surface area contributed by atoms with Crippen molar-refractivity contribution in [2.75, 3.05) is 12.4 Å². The van der Waals surface area contributed by atoms with Gasteiger partial charge in [-0.15, -0.1) is 16.9 Å². The lowest BCUT2D eigenvalue weighted by Crippen LogP contribution is -2.11. The van der Waals surface area contributed by atoms with Crippen LogP contribution in [0.4, 0.5) is 6.01 Å². The highest BCUT2D eigenvalue weighted by molar-refractivity contribution is 7.99. The fraction of sp³-hybridized carbons (Fsp3) is 0.211. The number of hydrogen-bond donors (Lipinski definition) is 1. The van der Waals surface area contributed by atoms with E-state index in [0.29, 0.717) is 22.1 Å². The van der Waals surface area contributed by atoms with E-state index in [1.807, 2.05) is 30.3 Å². The van der Waals surface area contributed by atoms with Gasteiger partial charge in [-0.2, -0.15) is 0 Å². The Hall–Kier alpha value is -2.80. The number of nitrogens with one attached hydrogen (secondary N) is 1. The number of hydrogen-bond acceptors (Lipinski definition) is 6. The SMILES string of the molecule is COc1ccccc1-c1nnc(NC(=O)c2ccc(SC(C)C)cc2)o1. The van der Waals surface area contributed by atoms with E-state index in [-0.39, 0.29) is 17.8 Å². The summed E-state index contributed by atoms with van der Waals surface area (Å²) in [6.45, 7) is 4.25. The Labute approximate surface area is 156 Å². The second-order valence-electron chi connectivity index (χ2n) is 5.76. The lowest BCUT2D eigenvalue weighted by atomic mass is 10.2. The van der Waals surface area contributed by atoms with Crippen LogP contribution in [0, 0.1) is 0 Å². The molecule has 3 rings (SSSR count). The van der Waals surface area contributed by atoms with Crippen molar-refractivity contribution >= 4 is 23.7 Å². The van der Waals surface area contributed by atoms with Crippen molar-refractivity contribution in [2.24, 2.45) is 0 Å². The second-order valence-corrected chi connectivity index (χ2v) is 7.41. The Kier molecular flexibility index (Phi) is 5.58. The molecule has 26 heavy (non-hydrogen) atoms. The number of nitrogens with zero attached hydrogens (tertiary/aromatic N) is 2. The monoisotopic (exact) mass is 369 g/mol. The van der Waals surface area contributed by atoms with Crippen LogP contribution in [0.15, 0.2) is 57.8 Å². The zero-order valence-corrected chi connectivity index (χ0v) is 15.5. The molecule has 0 spiro atoms. The molecule has 0 unspecified atom stereocenters. The fourth-order valence-corrected chi connectivity index (χ4v) is 3.17. The molecular formula is C19H19N3O3S. The molecule has 0 aliphatic rings. The first kappa shape index (κ1) is 18.0. The van der Waals surface area contributed by atoms with Gasteiger partial charge in [0.05, 0.1) is 12.7 Å². The predicted octanol–water partition coefficient (Wildman–Crippen LogP) is 4.50. The zero-order chi connectivity index (χ0) is 18.5. The van der Waals surface area contributed by atoms with Gasteiger partial charge in [0.15, 0.2) is 0 Å². The maximum atomic E-state index is 12.3. The number of benzene rings is 2. The standard InChI is InChI=1S/C19H19N3O3S/c1-12(2)26-14-10-8-13(9-11-14)17(23)20-19-22-21-18(25-19)15-6-4-5-7-16(15)24-3/h4-12H,1-3H3,(H,20,22,23). The maximum Gasteiger partial charge on any atom is 0.322 e. The van der Waals surface area contributed by atoms with Crippen molar-refractivity contribution in [3.63, 3.8) is 0 Å². The molecule has 0 fully saturated rings. The van der Waals surface area contributed by atoms with E-state index < -0.39 is 0 Å². The first-order valence-corrected chi connectivity index (χ1v) is 8.99. The molecule has 1 heterocycles. The largest absolute Gasteiger partial charge is 0.496 e. The molecule has 6 nitrogen and oxygen atoms in total. The summed E-state index contributed by atoms with van der Waals surface area (Å²) in [5, 5.41) is 11.0. The van der Waals surface area contributed by atoms with Crippen LogP contribution in [0.2, 0.25) is 0 Å². The number of methoxy groups -OCH3 is 1. The van der Waals surface area contributed by atoms with Crippen LogP contribution in [-0.4, -0.2) is 28.5 Å². The molecule has 0 atom stereocenters. The van der Waals surface area contributed by atoms with Crippen molar-refractivity contribution in [3.8, 4) is 17.2 Å². The third kappa shape index (κ3) is 4.23. The fourth-order valence-electron chi connectivity index (χ4n) is 2.33. The van der Waals surface area contributed by atoms with Crippen LogP contribution in [0.5, 0.6) is 5.75 Å². The number of ether oxygens (including phenoxy) is 1. The van der Waals surface area contributed by atoms with Gasteiger partial charge < -0.3 is 9.15 Å². The number of aromatic nitrogens is 2. The van der Waals surface area contributed by atoms with E-state index in [9.17, 15) is 4.79 Å². The number of para-hydroxylation sites is 1. The van der Waals surface area contributed by atoms with Crippen molar-refractivity contribution in [1.82, 2.24) is 10.2 Å². The van der Waals surface area contributed by atoms with Gasteiger partial charge in [0.2, 0.25) is 0 Å². The molecule has 0 saturated heterocycles. The number of carbonyl (C=O) groups excluding carboxylic acids is 1. The third-order valence-electron chi connectivity index (χ3n) is 3.47. The second kappa shape index (κ2) is 8.05. The average molecular weight is 369 g/mol. The van der Waals surface area contributed by atoms with Gasteiger partial charge in [0.1, 0.15) is 5.75 Å². The highest BCUT2D eigenvalue weighted by atomic mass is 32.2. The summed E-state index contributed by atoms with van der Waals surface area (Å²) >= 11 is 1.74. The summed E-state index contributed by atoms with van der Waals surface area (Å²) in [6.07, 6.45) is 0. The summed E-state index contributed by atoms with van der Waals surface area (Å²) < 4.78 is 10.8. The maximum absolute atomic E-state index is 12.3. The summed E-state index contributed by atoms with van der Waals surface area (Å²) in [7, 11) is 1.57. The number of rotatable bonds is 6. The molecule has 134 valence electrons. The van der Waals surface area contributed by atoms with E-state index in [0.717, 1.165) is 4.90 Å². The Morgan fingerprint density at radius 2 is 1.85 bits per heavy atom. The number of amides is 1. The van der Waals surface area contributed by atoms with Crippen LogP contribution in [-0.2, 0) is 0 Å². The van der Waals surface area contributed by atoms with Gasteiger partial charge in [0.25, 0.3) is 11.8 Å². The van der Waals surface area contributed by atoms with Crippen molar-refractivity contribution < 1.29 is 13.9 Å². The van der Waals surface area contributed by atoms with Crippen molar-refractivity contribution in [2.45, 2.75) is 24.0 Å². The van der Waals surface area contributed by atoms with E-state index in [1.54, 1.807) is 37.1 Å². The quantitative estimate of drug-likeness (QED) is 0.645. The summed E-state index contributed by atoms with van der Waals surface area (Å²) in [6, 6.07) is 14.7. The topological polar surface area (TPSA) is 77.3 Å². The average Bonchev–Trinajstić information content (AvgIpc) is 3.10. The molecule has 2 aromatic carbocycles. The lowest BCUT2D eigenvalue weighted by molar-refractivity contribution is 0.102. The minimum absolute atomic E-state index is 0.0385. The van der Waals surface area contributed by atoms with Gasteiger partial charge >= 0.3 is 6.01 Å². The van der Waals surface area contributed by atoms with Gasteiger partial charge in [-0.3, -0.25) is 10.1 Å². The van der Waals surface area contributed by atoms with Gasteiger partial charge in [-0.1, -0.05) is 31.1 Å². The molecule has 0 bridgehead atoms. The molecule has 1 aromatic heterocycles. The van der Waals surface area contributed by atoms with E-state index in [1.165, 1.54) is 0 Å². The minimum atomic E-state index is -0.304. The molecule has 0 aliphatic heterocycles. The van der Waals surface area contributed by atoms with Crippen LogP contribution in [0.1, 0.15) is 24.2 Å². The Bertz CT molecular complexity index is 891. The highest BCUT2D eigenvalue weighted by Crippen LogP contribution is 2.29. The first-order chi connectivity index (χ1) is 12.6. The smallest absolute Gasteiger partial charge is 0.322 e. The van der Waals surface area contributed by atoms with Gasteiger partial charge in [-0.05, 0) is 36.4 Å². The molecule has 1 amide bonds. The number of thioether (sulfide) groups is 1.